The van der Waals surface area contributed by atoms with Gasteiger partial charge in [0.05, 0.1) is 5.56 Å². The molecular formula is C24H27N5O4. The van der Waals surface area contributed by atoms with Crippen LogP contribution in [-0.2, 0) is 17.9 Å². The van der Waals surface area contributed by atoms with E-state index in [0.717, 1.165) is 6.54 Å². The first-order chi connectivity index (χ1) is 16.1. The van der Waals surface area contributed by atoms with Gasteiger partial charge in [0.25, 0.3) is 5.91 Å². The molecule has 1 aliphatic rings. The van der Waals surface area contributed by atoms with Gasteiger partial charge in [-0.1, -0.05) is 52.8 Å². The number of aromatic nitrogens is 2. The van der Waals surface area contributed by atoms with Crippen molar-refractivity contribution in [2.75, 3.05) is 26.7 Å². The summed E-state index contributed by atoms with van der Waals surface area (Å²) in [7, 11) is 1.59. The molecule has 1 unspecified atom stereocenters. The molecule has 2 heterocycles. The number of likely N-dealkylation sites (N-methyl/N-ethyl adjacent to an activating group) is 1. The SMILES string of the molecule is CNC(=O)C1CN(Cc2ccccc2)CCN1C(=O)c1ccccc1OCc1nonc1C. The summed E-state index contributed by atoms with van der Waals surface area (Å²) in [5, 5.41) is 10.3. The van der Waals surface area contributed by atoms with Crippen LogP contribution >= 0.6 is 0 Å². The summed E-state index contributed by atoms with van der Waals surface area (Å²) in [6, 6.07) is 16.5. The van der Waals surface area contributed by atoms with Gasteiger partial charge in [0, 0.05) is 33.2 Å². The number of carbonyl (C=O) groups excluding carboxylic acids is 2. The summed E-state index contributed by atoms with van der Waals surface area (Å²) < 4.78 is 10.6. The molecule has 1 N–H and O–H groups in total. The van der Waals surface area contributed by atoms with E-state index >= 15 is 0 Å². The predicted molar refractivity (Wildman–Crippen MR) is 120 cm³/mol. The Morgan fingerprint density at radius 2 is 1.85 bits per heavy atom. The monoisotopic (exact) mass is 449 g/mol. The van der Waals surface area contributed by atoms with Crippen LogP contribution in [-0.4, -0.2) is 64.7 Å². The molecule has 1 fully saturated rings. The van der Waals surface area contributed by atoms with Gasteiger partial charge in [-0.3, -0.25) is 14.5 Å². The number of nitrogens with zero attached hydrogens (tertiary/aromatic N) is 4. The lowest BCUT2D eigenvalue weighted by molar-refractivity contribution is -0.127. The van der Waals surface area contributed by atoms with E-state index < -0.39 is 6.04 Å². The molecular weight excluding hydrogens is 422 g/mol. The highest BCUT2D eigenvalue weighted by Crippen LogP contribution is 2.24. The normalized spacial score (nSPS) is 16.4. The Morgan fingerprint density at radius 3 is 2.58 bits per heavy atom. The number of hydrogen-bond acceptors (Lipinski definition) is 7. The number of aryl methyl sites for hydroxylation is 1. The molecule has 0 aliphatic carbocycles. The van der Waals surface area contributed by atoms with Crippen molar-refractivity contribution in [1.29, 1.82) is 0 Å². The van der Waals surface area contributed by atoms with Crippen LogP contribution in [0.3, 0.4) is 0 Å². The van der Waals surface area contributed by atoms with E-state index in [0.29, 0.717) is 42.3 Å². The van der Waals surface area contributed by atoms with E-state index in [9.17, 15) is 9.59 Å². The van der Waals surface area contributed by atoms with Crippen molar-refractivity contribution in [2.45, 2.75) is 26.1 Å². The fourth-order valence-electron chi connectivity index (χ4n) is 3.91. The van der Waals surface area contributed by atoms with Crippen molar-refractivity contribution in [3.8, 4) is 5.75 Å². The second kappa shape index (κ2) is 10.3. The summed E-state index contributed by atoms with van der Waals surface area (Å²) in [5.41, 5.74) is 2.77. The third-order valence-corrected chi connectivity index (χ3v) is 5.75. The molecule has 4 rings (SSSR count). The molecule has 0 bridgehead atoms. The number of piperazine rings is 1. The molecule has 1 aromatic heterocycles. The number of carbonyl (C=O) groups is 2. The topological polar surface area (TPSA) is 101 Å². The van der Waals surface area contributed by atoms with E-state index in [1.165, 1.54) is 5.56 Å². The second-order valence-electron chi connectivity index (χ2n) is 7.93. The predicted octanol–water partition coefficient (Wildman–Crippen LogP) is 2.03. The maximum Gasteiger partial charge on any atom is 0.258 e. The van der Waals surface area contributed by atoms with Crippen LogP contribution in [0.25, 0.3) is 0 Å². The van der Waals surface area contributed by atoms with E-state index in [-0.39, 0.29) is 18.4 Å². The average Bonchev–Trinajstić information content (AvgIpc) is 3.27. The highest BCUT2D eigenvalue weighted by Gasteiger charge is 2.36. The average molecular weight is 450 g/mol. The lowest BCUT2D eigenvalue weighted by Gasteiger charge is -2.40. The standard InChI is InChI=1S/C24H27N5O4/c1-17-20(27-33-26-17)16-32-22-11-7-6-10-19(22)24(31)29-13-12-28(15-21(29)23(30)25-2)14-18-8-4-3-5-9-18/h3-11,21H,12-16H2,1-2H3,(H,25,30). The minimum Gasteiger partial charge on any atom is -0.486 e. The Hall–Kier alpha value is -3.72. The van der Waals surface area contributed by atoms with Crippen molar-refractivity contribution in [3.05, 3.63) is 77.1 Å². The van der Waals surface area contributed by atoms with Gasteiger partial charge in [0.1, 0.15) is 29.8 Å². The Morgan fingerprint density at radius 1 is 1.09 bits per heavy atom. The summed E-state index contributed by atoms with van der Waals surface area (Å²) in [4.78, 5) is 30.1. The number of nitrogens with one attached hydrogen (secondary N) is 1. The third-order valence-electron chi connectivity index (χ3n) is 5.75. The summed E-state index contributed by atoms with van der Waals surface area (Å²) in [5.74, 6) is -0.00959. The molecule has 2 amide bonds. The van der Waals surface area contributed by atoms with Crippen LogP contribution in [0.2, 0.25) is 0 Å². The first kappa shape index (κ1) is 22.5. The molecule has 33 heavy (non-hydrogen) atoms. The molecule has 0 spiro atoms. The Kier molecular flexibility index (Phi) is 6.99. The van der Waals surface area contributed by atoms with Crippen molar-refractivity contribution in [2.24, 2.45) is 0 Å². The molecule has 0 saturated carbocycles. The third kappa shape index (κ3) is 5.20. The Balaban J connectivity index is 1.51. The van der Waals surface area contributed by atoms with Gasteiger partial charge in [-0.05, 0) is 24.6 Å². The molecule has 1 atom stereocenters. The van der Waals surface area contributed by atoms with Crippen LogP contribution in [0, 0.1) is 6.92 Å². The van der Waals surface area contributed by atoms with Crippen LogP contribution in [0.15, 0.2) is 59.2 Å². The van der Waals surface area contributed by atoms with Crippen LogP contribution < -0.4 is 10.1 Å². The minimum absolute atomic E-state index is 0.128. The number of hydrogen-bond donors (Lipinski definition) is 1. The summed E-state index contributed by atoms with van der Waals surface area (Å²) in [6.07, 6.45) is 0. The molecule has 3 aromatic rings. The minimum atomic E-state index is -0.602. The van der Waals surface area contributed by atoms with Crippen LogP contribution in [0.5, 0.6) is 5.75 Å². The molecule has 9 heteroatoms. The molecule has 1 saturated heterocycles. The van der Waals surface area contributed by atoms with Crippen LogP contribution in [0.1, 0.15) is 27.3 Å². The van der Waals surface area contributed by atoms with Gasteiger partial charge in [0.15, 0.2) is 0 Å². The van der Waals surface area contributed by atoms with Gasteiger partial charge in [-0.25, -0.2) is 4.63 Å². The molecule has 1 aliphatic heterocycles. The number of para-hydroxylation sites is 1. The number of rotatable bonds is 7. The summed E-state index contributed by atoms with van der Waals surface area (Å²) in [6.45, 7) is 4.18. The van der Waals surface area contributed by atoms with Crippen molar-refractivity contribution >= 4 is 11.8 Å². The quantitative estimate of drug-likeness (QED) is 0.589. The molecule has 0 radical (unpaired) electrons. The maximum absolute atomic E-state index is 13.5. The Labute approximate surface area is 192 Å². The first-order valence-electron chi connectivity index (χ1n) is 10.9. The maximum atomic E-state index is 13.5. The van der Waals surface area contributed by atoms with Crippen LogP contribution in [0.4, 0.5) is 0 Å². The molecule has 2 aromatic carbocycles. The lowest BCUT2D eigenvalue weighted by Crippen LogP contribution is -2.60. The molecule has 9 nitrogen and oxygen atoms in total. The van der Waals surface area contributed by atoms with Crippen molar-refractivity contribution < 1.29 is 19.0 Å². The van der Waals surface area contributed by atoms with E-state index in [1.54, 1.807) is 43.1 Å². The van der Waals surface area contributed by atoms with Gasteiger partial charge in [-0.15, -0.1) is 0 Å². The number of benzene rings is 2. The second-order valence-corrected chi connectivity index (χ2v) is 7.93. The van der Waals surface area contributed by atoms with Crippen molar-refractivity contribution in [1.82, 2.24) is 25.4 Å². The largest absolute Gasteiger partial charge is 0.486 e. The summed E-state index contributed by atoms with van der Waals surface area (Å²) >= 11 is 0. The van der Waals surface area contributed by atoms with Gasteiger partial charge < -0.3 is 15.0 Å². The highest BCUT2D eigenvalue weighted by atomic mass is 16.6. The molecule has 172 valence electrons. The van der Waals surface area contributed by atoms with E-state index in [1.807, 2.05) is 18.2 Å². The number of ether oxygens (including phenoxy) is 1. The van der Waals surface area contributed by atoms with E-state index in [4.69, 9.17) is 9.37 Å². The first-order valence-corrected chi connectivity index (χ1v) is 10.9. The van der Waals surface area contributed by atoms with Gasteiger partial charge >= 0.3 is 0 Å². The zero-order valence-electron chi connectivity index (χ0n) is 18.7. The fourth-order valence-corrected chi connectivity index (χ4v) is 3.91. The number of amides is 2. The zero-order chi connectivity index (χ0) is 23.2. The highest BCUT2D eigenvalue weighted by molar-refractivity contribution is 5.99. The zero-order valence-corrected chi connectivity index (χ0v) is 18.7. The van der Waals surface area contributed by atoms with Gasteiger partial charge in [0.2, 0.25) is 5.91 Å². The van der Waals surface area contributed by atoms with Crippen molar-refractivity contribution in [3.63, 3.8) is 0 Å². The van der Waals surface area contributed by atoms with E-state index in [2.05, 4.69) is 32.7 Å². The Bertz CT molecular complexity index is 1100. The lowest BCUT2D eigenvalue weighted by atomic mass is 10.1. The van der Waals surface area contributed by atoms with Gasteiger partial charge in [-0.2, -0.15) is 0 Å². The smallest absolute Gasteiger partial charge is 0.258 e. The fraction of sp³-hybridized carbons (Fsp3) is 0.333.